The molecule has 0 radical (unpaired) electrons. The van der Waals surface area contributed by atoms with E-state index in [2.05, 4.69) is 26.3 Å². The number of amides is 1. The molecule has 1 amide bonds. The molecule has 0 bridgehead atoms. The average molecular weight is 343 g/mol. The van der Waals surface area contributed by atoms with Gasteiger partial charge in [-0.05, 0) is 48.0 Å². The maximum Gasteiger partial charge on any atom is 0.246 e. The minimum absolute atomic E-state index is 0.139. The number of hydrogen-bond acceptors (Lipinski definition) is 2. The van der Waals surface area contributed by atoms with Crippen LogP contribution in [0.25, 0.3) is 0 Å². The molecule has 0 spiro atoms. The summed E-state index contributed by atoms with van der Waals surface area (Å²) >= 11 is 9.30. The molecule has 0 fully saturated rings. The number of halogens is 2. The third-order valence-electron chi connectivity index (χ3n) is 2.69. The van der Waals surface area contributed by atoms with Crippen LogP contribution in [0.2, 0.25) is 5.02 Å². The van der Waals surface area contributed by atoms with Gasteiger partial charge in [0, 0.05) is 10.7 Å². The Morgan fingerprint density at radius 2 is 2.21 bits per heavy atom. The molecule has 19 heavy (non-hydrogen) atoms. The summed E-state index contributed by atoms with van der Waals surface area (Å²) in [6.45, 7) is 3.98. The van der Waals surface area contributed by atoms with Crippen LogP contribution in [0.15, 0.2) is 28.7 Å². The van der Waals surface area contributed by atoms with E-state index in [1.807, 2.05) is 13.8 Å². The van der Waals surface area contributed by atoms with Crippen molar-refractivity contribution in [2.24, 2.45) is 0 Å². The van der Waals surface area contributed by atoms with E-state index in [9.17, 15) is 4.79 Å². The van der Waals surface area contributed by atoms with Crippen molar-refractivity contribution < 1.29 is 4.79 Å². The Labute approximate surface area is 124 Å². The first-order chi connectivity index (χ1) is 8.97. The lowest BCUT2D eigenvalue weighted by atomic mass is 10.3. The van der Waals surface area contributed by atoms with Crippen LogP contribution >= 0.6 is 27.5 Å². The number of nitrogens with one attached hydrogen (secondary N) is 1. The normalized spacial score (nSPS) is 10.5. The van der Waals surface area contributed by atoms with E-state index >= 15 is 0 Å². The SMILES string of the molecule is Cc1nn(CC(=O)Nc2cccc(Cl)c2)c(C)c1Br. The van der Waals surface area contributed by atoms with Gasteiger partial charge in [-0.3, -0.25) is 9.48 Å². The number of hydrogen-bond donors (Lipinski definition) is 1. The van der Waals surface area contributed by atoms with Crippen molar-refractivity contribution in [2.75, 3.05) is 5.32 Å². The van der Waals surface area contributed by atoms with E-state index in [0.29, 0.717) is 10.7 Å². The van der Waals surface area contributed by atoms with Crippen LogP contribution in [0, 0.1) is 13.8 Å². The second kappa shape index (κ2) is 5.75. The zero-order valence-electron chi connectivity index (χ0n) is 10.6. The first-order valence-corrected chi connectivity index (χ1v) is 6.89. The van der Waals surface area contributed by atoms with E-state index in [4.69, 9.17) is 11.6 Å². The maximum atomic E-state index is 11.9. The van der Waals surface area contributed by atoms with Crippen LogP contribution in [-0.2, 0) is 11.3 Å². The lowest BCUT2D eigenvalue weighted by Crippen LogP contribution is -2.20. The second-order valence-corrected chi connectivity index (χ2v) is 5.43. The molecule has 2 aromatic rings. The number of carbonyl (C=O) groups excluding carboxylic acids is 1. The van der Waals surface area contributed by atoms with Crippen molar-refractivity contribution in [3.8, 4) is 0 Å². The number of aryl methyl sites for hydroxylation is 1. The largest absolute Gasteiger partial charge is 0.324 e. The molecule has 6 heteroatoms. The van der Waals surface area contributed by atoms with Crippen LogP contribution in [0.1, 0.15) is 11.4 Å². The summed E-state index contributed by atoms with van der Waals surface area (Å²) in [6, 6.07) is 7.05. The van der Waals surface area contributed by atoms with Crippen molar-refractivity contribution >= 4 is 39.1 Å². The minimum Gasteiger partial charge on any atom is -0.324 e. The van der Waals surface area contributed by atoms with Crippen molar-refractivity contribution in [1.29, 1.82) is 0 Å². The molecule has 100 valence electrons. The number of nitrogens with zero attached hydrogens (tertiary/aromatic N) is 2. The van der Waals surface area contributed by atoms with E-state index in [-0.39, 0.29) is 12.5 Å². The van der Waals surface area contributed by atoms with Crippen LogP contribution in [-0.4, -0.2) is 15.7 Å². The van der Waals surface area contributed by atoms with E-state index in [0.717, 1.165) is 15.9 Å². The lowest BCUT2D eigenvalue weighted by Gasteiger charge is -2.07. The van der Waals surface area contributed by atoms with Gasteiger partial charge in [0.1, 0.15) is 6.54 Å². The van der Waals surface area contributed by atoms with E-state index < -0.39 is 0 Å². The summed E-state index contributed by atoms with van der Waals surface area (Å²) in [4.78, 5) is 11.9. The molecular formula is C13H13BrClN3O. The van der Waals surface area contributed by atoms with Gasteiger partial charge in [-0.2, -0.15) is 5.10 Å². The van der Waals surface area contributed by atoms with Gasteiger partial charge in [-0.1, -0.05) is 17.7 Å². The molecule has 2 rings (SSSR count). The molecular weight excluding hydrogens is 330 g/mol. The summed E-state index contributed by atoms with van der Waals surface area (Å²) in [6.07, 6.45) is 0. The van der Waals surface area contributed by atoms with Gasteiger partial charge in [-0.25, -0.2) is 0 Å². The summed E-state index contributed by atoms with van der Waals surface area (Å²) in [7, 11) is 0. The molecule has 1 heterocycles. The number of rotatable bonds is 3. The third kappa shape index (κ3) is 3.36. The third-order valence-corrected chi connectivity index (χ3v) is 4.08. The molecule has 0 aliphatic carbocycles. The monoisotopic (exact) mass is 341 g/mol. The van der Waals surface area contributed by atoms with E-state index in [1.54, 1.807) is 28.9 Å². The van der Waals surface area contributed by atoms with Gasteiger partial charge in [-0.15, -0.1) is 0 Å². The first-order valence-electron chi connectivity index (χ1n) is 5.72. The van der Waals surface area contributed by atoms with Crippen molar-refractivity contribution in [1.82, 2.24) is 9.78 Å². The molecule has 0 aliphatic rings. The fraction of sp³-hybridized carbons (Fsp3) is 0.231. The van der Waals surface area contributed by atoms with Gasteiger partial charge in [0.2, 0.25) is 5.91 Å². The second-order valence-electron chi connectivity index (χ2n) is 4.20. The fourth-order valence-corrected chi connectivity index (χ4v) is 2.21. The van der Waals surface area contributed by atoms with E-state index in [1.165, 1.54) is 0 Å². The molecule has 1 N–H and O–H groups in total. The highest BCUT2D eigenvalue weighted by molar-refractivity contribution is 9.10. The zero-order valence-corrected chi connectivity index (χ0v) is 12.9. The topological polar surface area (TPSA) is 46.9 Å². The smallest absolute Gasteiger partial charge is 0.246 e. The number of aromatic nitrogens is 2. The van der Waals surface area contributed by atoms with Gasteiger partial charge in [0.05, 0.1) is 15.9 Å². The standard InChI is InChI=1S/C13H13BrClN3O/c1-8-13(14)9(2)18(17-8)7-12(19)16-11-5-3-4-10(15)6-11/h3-6H,7H2,1-2H3,(H,16,19). The van der Waals surface area contributed by atoms with Crippen LogP contribution in [0.5, 0.6) is 0 Å². The van der Waals surface area contributed by atoms with Gasteiger partial charge in [0.15, 0.2) is 0 Å². The first kappa shape index (κ1) is 14.1. The zero-order chi connectivity index (χ0) is 14.0. The highest BCUT2D eigenvalue weighted by Gasteiger charge is 2.11. The molecule has 0 atom stereocenters. The molecule has 4 nitrogen and oxygen atoms in total. The van der Waals surface area contributed by atoms with Crippen LogP contribution < -0.4 is 5.32 Å². The van der Waals surface area contributed by atoms with Gasteiger partial charge in [0.25, 0.3) is 0 Å². The highest BCUT2D eigenvalue weighted by atomic mass is 79.9. The Kier molecular flexibility index (Phi) is 4.27. The predicted octanol–water partition coefficient (Wildman–Crippen LogP) is 3.55. The Morgan fingerprint density at radius 1 is 1.47 bits per heavy atom. The van der Waals surface area contributed by atoms with Crippen LogP contribution in [0.4, 0.5) is 5.69 Å². The Hall–Kier alpha value is -1.33. The minimum atomic E-state index is -0.139. The molecule has 0 unspecified atom stereocenters. The van der Waals surface area contributed by atoms with Gasteiger partial charge < -0.3 is 5.32 Å². The summed E-state index contributed by atoms with van der Waals surface area (Å²) < 4.78 is 2.60. The summed E-state index contributed by atoms with van der Waals surface area (Å²) in [5.41, 5.74) is 2.48. The molecule has 1 aromatic carbocycles. The maximum absolute atomic E-state index is 11.9. The summed E-state index contributed by atoms with van der Waals surface area (Å²) in [5, 5.41) is 7.67. The fourth-order valence-electron chi connectivity index (χ4n) is 1.73. The number of anilines is 1. The molecule has 0 saturated carbocycles. The highest BCUT2D eigenvalue weighted by Crippen LogP contribution is 2.20. The Balaban J connectivity index is 2.07. The molecule has 0 aliphatic heterocycles. The quantitative estimate of drug-likeness (QED) is 0.927. The van der Waals surface area contributed by atoms with Gasteiger partial charge >= 0.3 is 0 Å². The number of benzene rings is 1. The van der Waals surface area contributed by atoms with Crippen molar-refractivity contribution in [2.45, 2.75) is 20.4 Å². The lowest BCUT2D eigenvalue weighted by molar-refractivity contribution is -0.116. The summed E-state index contributed by atoms with van der Waals surface area (Å²) in [5.74, 6) is -0.139. The average Bonchev–Trinajstić information content (AvgIpc) is 2.57. The molecule has 1 aromatic heterocycles. The predicted molar refractivity (Wildman–Crippen MR) is 79.5 cm³/mol. The Morgan fingerprint density at radius 3 is 2.79 bits per heavy atom. The Bertz CT molecular complexity index is 624. The van der Waals surface area contributed by atoms with Crippen molar-refractivity contribution in [3.05, 3.63) is 45.1 Å². The molecule has 0 saturated heterocycles. The van der Waals surface area contributed by atoms with Crippen LogP contribution in [0.3, 0.4) is 0 Å². The van der Waals surface area contributed by atoms with Crippen molar-refractivity contribution in [3.63, 3.8) is 0 Å². The number of carbonyl (C=O) groups is 1.